The van der Waals surface area contributed by atoms with Gasteiger partial charge in [-0.05, 0) is 54.6 Å². The van der Waals surface area contributed by atoms with E-state index >= 15 is 0 Å². The molecule has 2 aliphatic rings. The fourth-order valence-electron chi connectivity index (χ4n) is 3.07. The minimum atomic E-state index is 0.0122. The molecule has 1 fully saturated rings. The molecular weight excluding hydrogens is 390 g/mol. The molecule has 2 aromatic carbocycles. The van der Waals surface area contributed by atoms with Gasteiger partial charge in [0, 0.05) is 18.5 Å². The molecule has 0 aliphatic carbocycles. The molecule has 4 rings (SSSR count). The number of anilines is 1. The molecule has 0 saturated carbocycles. The number of benzene rings is 2. The lowest BCUT2D eigenvalue weighted by Crippen LogP contribution is -2.30. The number of nitrogens with zero attached hydrogens (tertiary/aromatic N) is 3. The number of thioether (sulfide) groups is 2. The highest BCUT2D eigenvalue weighted by Gasteiger charge is 2.38. The van der Waals surface area contributed by atoms with Gasteiger partial charge in [-0.15, -0.1) is 0 Å². The highest BCUT2D eigenvalue weighted by molar-refractivity contribution is 8.19. The Morgan fingerprint density at radius 3 is 2.54 bits per heavy atom. The Morgan fingerprint density at radius 2 is 1.82 bits per heavy atom. The number of hydrogen-bond acceptors (Lipinski definition) is 6. The maximum Gasteiger partial charge on any atom is 0.269 e. The van der Waals surface area contributed by atoms with E-state index in [2.05, 4.69) is 24.0 Å². The van der Waals surface area contributed by atoms with Crippen LogP contribution in [-0.2, 0) is 4.79 Å². The second kappa shape index (κ2) is 7.93. The third-order valence-electron chi connectivity index (χ3n) is 4.61. The lowest BCUT2D eigenvalue weighted by Gasteiger charge is -2.16. The first-order valence-electron chi connectivity index (χ1n) is 9.21. The van der Waals surface area contributed by atoms with Crippen molar-refractivity contribution in [2.75, 3.05) is 18.5 Å². The zero-order chi connectivity index (χ0) is 19.7. The minimum Gasteiger partial charge on any atom is -0.508 e. The summed E-state index contributed by atoms with van der Waals surface area (Å²) in [6, 6.07) is 14.9. The first kappa shape index (κ1) is 19.0. The number of unbranched alkanes of at least 4 members (excludes halogenated alkanes) is 1. The van der Waals surface area contributed by atoms with Gasteiger partial charge in [0.1, 0.15) is 10.7 Å². The Bertz CT molecular complexity index is 970. The molecule has 7 heteroatoms. The molecule has 0 spiro atoms. The number of amides is 1. The topological polar surface area (TPSA) is 56.1 Å². The van der Waals surface area contributed by atoms with Gasteiger partial charge in [0.25, 0.3) is 5.91 Å². The van der Waals surface area contributed by atoms with E-state index in [0.29, 0.717) is 11.7 Å². The number of carbonyl (C=O) groups is 1. The Labute approximate surface area is 173 Å². The predicted octanol–water partition coefficient (Wildman–Crippen LogP) is 5.17. The second-order valence-corrected chi connectivity index (χ2v) is 8.59. The largest absolute Gasteiger partial charge is 0.508 e. The van der Waals surface area contributed by atoms with Crippen molar-refractivity contribution in [2.24, 2.45) is 4.99 Å². The molecule has 1 N–H and O–H groups in total. The lowest BCUT2D eigenvalue weighted by atomic mass is 10.3. The van der Waals surface area contributed by atoms with Crippen molar-refractivity contribution in [3.63, 3.8) is 0 Å². The summed E-state index contributed by atoms with van der Waals surface area (Å²) < 4.78 is 0. The highest BCUT2D eigenvalue weighted by atomic mass is 32.2. The number of aliphatic imine (C=N–C) groups is 1. The second-order valence-electron chi connectivity index (χ2n) is 6.59. The number of aromatic hydroxyl groups is 1. The maximum absolute atomic E-state index is 13.2. The third-order valence-corrected chi connectivity index (χ3v) is 7.04. The average Bonchev–Trinajstić information content (AvgIpc) is 3.19. The van der Waals surface area contributed by atoms with Crippen LogP contribution in [0.15, 0.2) is 68.4 Å². The summed E-state index contributed by atoms with van der Waals surface area (Å²) in [6.07, 6.45) is 1.93. The molecule has 28 heavy (non-hydrogen) atoms. The van der Waals surface area contributed by atoms with Crippen LogP contribution in [0.1, 0.15) is 19.8 Å². The normalized spacial score (nSPS) is 20.4. The third kappa shape index (κ3) is 3.52. The van der Waals surface area contributed by atoms with Crippen LogP contribution in [0, 0.1) is 0 Å². The van der Waals surface area contributed by atoms with Crippen molar-refractivity contribution >= 4 is 46.0 Å². The first-order valence-corrected chi connectivity index (χ1v) is 10.8. The molecule has 1 saturated heterocycles. The monoisotopic (exact) mass is 411 g/mol. The number of rotatable bonds is 4. The van der Waals surface area contributed by atoms with E-state index in [4.69, 9.17) is 4.99 Å². The van der Waals surface area contributed by atoms with Crippen LogP contribution >= 0.6 is 23.5 Å². The molecule has 5 nitrogen and oxygen atoms in total. The number of amidine groups is 1. The number of phenols is 1. The first-order chi connectivity index (χ1) is 13.6. The van der Waals surface area contributed by atoms with Gasteiger partial charge in [-0.1, -0.05) is 37.2 Å². The Hall–Kier alpha value is -2.38. The van der Waals surface area contributed by atoms with Crippen LogP contribution in [0.5, 0.6) is 5.75 Å². The molecule has 0 radical (unpaired) electrons. The van der Waals surface area contributed by atoms with Gasteiger partial charge >= 0.3 is 0 Å². The average molecular weight is 412 g/mol. The standard InChI is InChI=1S/C21H21N3O2S2/c1-3-4-13-24-19(26)18(20-23(2)16-7-5-6-8-17(16)27-20)28-21(24)22-14-9-11-15(25)12-10-14/h5-12,25H,3-4,13H2,1-2H3/b20-18-,22-21?. The van der Waals surface area contributed by atoms with E-state index < -0.39 is 0 Å². The van der Waals surface area contributed by atoms with Crippen LogP contribution in [0.4, 0.5) is 11.4 Å². The molecule has 2 heterocycles. The molecule has 0 atom stereocenters. The van der Waals surface area contributed by atoms with E-state index in [9.17, 15) is 9.90 Å². The fourth-order valence-corrected chi connectivity index (χ4v) is 5.44. The Morgan fingerprint density at radius 1 is 1.07 bits per heavy atom. The van der Waals surface area contributed by atoms with Crippen LogP contribution in [0.2, 0.25) is 0 Å². The van der Waals surface area contributed by atoms with Crippen LogP contribution in [-0.4, -0.2) is 34.7 Å². The van der Waals surface area contributed by atoms with Gasteiger partial charge in [0.2, 0.25) is 0 Å². The summed E-state index contributed by atoms with van der Waals surface area (Å²) in [5, 5.41) is 11.1. The fraction of sp³-hybridized carbons (Fsp3) is 0.238. The molecule has 1 amide bonds. The molecule has 2 aromatic rings. The van der Waals surface area contributed by atoms with Gasteiger partial charge in [0.05, 0.1) is 16.4 Å². The van der Waals surface area contributed by atoms with E-state index in [-0.39, 0.29) is 11.7 Å². The van der Waals surface area contributed by atoms with Crippen LogP contribution in [0.3, 0.4) is 0 Å². The summed E-state index contributed by atoms with van der Waals surface area (Å²) in [5.74, 6) is 0.213. The number of carbonyl (C=O) groups excluding carboxylic acids is 1. The molecule has 0 unspecified atom stereocenters. The lowest BCUT2D eigenvalue weighted by molar-refractivity contribution is -0.122. The van der Waals surface area contributed by atoms with Crippen LogP contribution < -0.4 is 4.90 Å². The van der Waals surface area contributed by atoms with Crippen molar-refractivity contribution < 1.29 is 9.90 Å². The zero-order valence-corrected chi connectivity index (χ0v) is 17.4. The zero-order valence-electron chi connectivity index (χ0n) is 15.8. The van der Waals surface area contributed by atoms with E-state index in [1.54, 1.807) is 40.9 Å². The predicted molar refractivity (Wildman–Crippen MR) is 117 cm³/mol. The molecule has 0 bridgehead atoms. The molecule has 2 aliphatic heterocycles. The van der Waals surface area contributed by atoms with E-state index in [0.717, 1.165) is 39.0 Å². The minimum absolute atomic E-state index is 0.0122. The van der Waals surface area contributed by atoms with Crippen molar-refractivity contribution in [3.8, 4) is 5.75 Å². The summed E-state index contributed by atoms with van der Waals surface area (Å²) in [6.45, 7) is 2.76. The molecular formula is C21H21N3O2S2. The SMILES string of the molecule is CCCCN1C(=O)/C(=C2/Sc3ccccc3N2C)SC1=Nc1ccc(O)cc1. The highest BCUT2D eigenvalue weighted by Crippen LogP contribution is 2.50. The summed E-state index contributed by atoms with van der Waals surface area (Å²) in [7, 11) is 2.00. The van der Waals surface area contributed by atoms with Gasteiger partial charge < -0.3 is 10.0 Å². The summed E-state index contributed by atoms with van der Waals surface area (Å²) in [5.41, 5.74) is 1.84. The van der Waals surface area contributed by atoms with Gasteiger partial charge in [-0.25, -0.2) is 4.99 Å². The van der Waals surface area contributed by atoms with Crippen molar-refractivity contribution in [1.29, 1.82) is 0 Å². The summed E-state index contributed by atoms with van der Waals surface area (Å²) in [4.78, 5) is 23.7. The molecule has 144 valence electrons. The van der Waals surface area contributed by atoms with Crippen molar-refractivity contribution in [3.05, 3.63) is 58.5 Å². The van der Waals surface area contributed by atoms with Crippen LogP contribution in [0.25, 0.3) is 0 Å². The Balaban J connectivity index is 1.71. The number of phenolic OH excluding ortho intramolecular Hbond substituents is 1. The van der Waals surface area contributed by atoms with Crippen molar-refractivity contribution in [2.45, 2.75) is 24.7 Å². The van der Waals surface area contributed by atoms with E-state index in [1.165, 1.54) is 11.8 Å². The van der Waals surface area contributed by atoms with Gasteiger partial charge in [-0.3, -0.25) is 9.69 Å². The van der Waals surface area contributed by atoms with Gasteiger partial charge in [0.15, 0.2) is 5.17 Å². The Kier molecular flexibility index (Phi) is 5.37. The van der Waals surface area contributed by atoms with E-state index in [1.807, 2.05) is 19.2 Å². The number of hydrogen-bond donors (Lipinski definition) is 1. The quantitative estimate of drug-likeness (QED) is 0.704. The van der Waals surface area contributed by atoms with Crippen molar-refractivity contribution in [1.82, 2.24) is 4.90 Å². The molecule has 0 aromatic heterocycles. The van der Waals surface area contributed by atoms with Gasteiger partial charge in [-0.2, -0.15) is 0 Å². The smallest absolute Gasteiger partial charge is 0.269 e. The number of fused-ring (bicyclic) bond motifs is 1. The number of para-hydroxylation sites is 1. The summed E-state index contributed by atoms with van der Waals surface area (Å²) >= 11 is 3.06. The maximum atomic E-state index is 13.2.